The molecule has 1 atom stereocenters. The first kappa shape index (κ1) is 19.9. The quantitative estimate of drug-likeness (QED) is 0.467. The average Bonchev–Trinajstić information content (AvgIpc) is 3.12. The van der Waals surface area contributed by atoms with E-state index >= 15 is 0 Å². The molecule has 4 aromatic rings. The van der Waals surface area contributed by atoms with E-state index in [1.807, 2.05) is 42.7 Å². The molecule has 152 valence electrons. The largest absolute Gasteiger partial charge is 0.326 e. The van der Waals surface area contributed by atoms with Crippen molar-refractivity contribution in [3.8, 4) is 0 Å². The van der Waals surface area contributed by atoms with Crippen LogP contribution in [0, 0.1) is 27.7 Å². The molecule has 1 unspecified atom stereocenters. The van der Waals surface area contributed by atoms with Crippen LogP contribution in [0.1, 0.15) is 45.8 Å². The van der Waals surface area contributed by atoms with Gasteiger partial charge in [0, 0.05) is 30.4 Å². The number of hydrogen-bond acceptors (Lipinski definition) is 2. The molecule has 0 fully saturated rings. The molecule has 4 heteroatoms. The van der Waals surface area contributed by atoms with Gasteiger partial charge in [0.05, 0.1) is 5.69 Å². The number of imidazole rings is 1. The van der Waals surface area contributed by atoms with E-state index in [0.29, 0.717) is 6.42 Å². The van der Waals surface area contributed by atoms with Gasteiger partial charge in [-0.25, -0.2) is 4.98 Å². The fourth-order valence-electron chi connectivity index (χ4n) is 3.93. The van der Waals surface area contributed by atoms with Crippen molar-refractivity contribution in [1.82, 2.24) is 9.38 Å². The minimum Gasteiger partial charge on any atom is -0.326 e. The maximum atomic E-state index is 13.0. The summed E-state index contributed by atoms with van der Waals surface area (Å²) in [6, 6.07) is 18.4. The molecule has 2 aromatic carbocycles. The summed E-state index contributed by atoms with van der Waals surface area (Å²) >= 11 is 0. The molecule has 0 radical (unpaired) electrons. The van der Waals surface area contributed by atoms with Crippen LogP contribution in [0.4, 0.5) is 5.69 Å². The van der Waals surface area contributed by atoms with Crippen LogP contribution in [-0.4, -0.2) is 15.3 Å². The van der Waals surface area contributed by atoms with Crippen molar-refractivity contribution >= 4 is 17.2 Å². The Morgan fingerprint density at radius 3 is 2.53 bits per heavy atom. The van der Waals surface area contributed by atoms with E-state index in [1.165, 1.54) is 22.3 Å². The summed E-state index contributed by atoms with van der Waals surface area (Å²) in [4.78, 5) is 17.6. The number of carbonyl (C=O) groups excluding carboxylic acids is 1. The number of amides is 1. The maximum Gasteiger partial charge on any atom is 0.225 e. The average molecular weight is 398 g/mol. The molecular weight excluding hydrogens is 370 g/mol. The highest BCUT2D eigenvalue weighted by Gasteiger charge is 2.23. The van der Waals surface area contributed by atoms with Gasteiger partial charge in [-0.1, -0.05) is 30.3 Å². The van der Waals surface area contributed by atoms with Crippen molar-refractivity contribution in [2.24, 2.45) is 0 Å². The highest BCUT2D eigenvalue weighted by molar-refractivity contribution is 5.91. The Morgan fingerprint density at radius 1 is 0.967 bits per heavy atom. The van der Waals surface area contributed by atoms with Crippen molar-refractivity contribution in [3.63, 3.8) is 0 Å². The Morgan fingerprint density at radius 2 is 1.77 bits per heavy atom. The standard InChI is InChI=1S/C26H27N3O/c1-17-11-12-29-24(16-27-25(29)13-17)23(22-8-6-5-7-19(22)3)15-26(30)28-21-10-9-18(2)20(4)14-21/h5-14,16,23H,15H2,1-4H3,(H,28,30). The monoisotopic (exact) mass is 397 g/mol. The summed E-state index contributed by atoms with van der Waals surface area (Å²) in [6.07, 6.45) is 4.29. The number of anilines is 1. The van der Waals surface area contributed by atoms with Gasteiger partial charge in [0.1, 0.15) is 5.65 Å². The number of pyridine rings is 1. The number of aromatic nitrogens is 2. The number of benzene rings is 2. The van der Waals surface area contributed by atoms with Crippen molar-refractivity contribution in [2.75, 3.05) is 5.32 Å². The Kier molecular flexibility index (Phi) is 5.40. The lowest BCUT2D eigenvalue weighted by atomic mass is 9.89. The molecule has 2 aromatic heterocycles. The van der Waals surface area contributed by atoms with Crippen LogP contribution in [-0.2, 0) is 4.79 Å². The third-order valence-corrected chi connectivity index (χ3v) is 5.80. The Bertz CT molecular complexity index is 1220. The number of nitrogens with zero attached hydrogens (tertiary/aromatic N) is 2. The second-order valence-corrected chi connectivity index (χ2v) is 8.08. The van der Waals surface area contributed by atoms with E-state index in [1.54, 1.807) is 0 Å². The first-order chi connectivity index (χ1) is 14.4. The first-order valence-corrected chi connectivity index (χ1v) is 10.3. The minimum atomic E-state index is -0.0875. The molecule has 30 heavy (non-hydrogen) atoms. The summed E-state index contributed by atoms with van der Waals surface area (Å²) < 4.78 is 2.09. The summed E-state index contributed by atoms with van der Waals surface area (Å²) in [7, 11) is 0. The second kappa shape index (κ2) is 8.15. The normalized spacial score (nSPS) is 12.1. The number of rotatable bonds is 5. The zero-order valence-electron chi connectivity index (χ0n) is 17.9. The van der Waals surface area contributed by atoms with E-state index in [9.17, 15) is 4.79 Å². The third-order valence-electron chi connectivity index (χ3n) is 5.80. The van der Waals surface area contributed by atoms with Crippen LogP contribution in [0.25, 0.3) is 5.65 Å². The summed E-state index contributed by atoms with van der Waals surface area (Å²) in [5.74, 6) is -0.0935. The SMILES string of the molecule is Cc1ccn2c(C(CC(=O)Nc3ccc(C)c(C)c3)c3ccccc3C)cnc2c1. The smallest absolute Gasteiger partial charge is 0.225 e. The predicted octanol–water partition coefficient (Wildman–Crippen LogP) is 5.73. The summed E-state index contributed by atoms with van der Waals surface area (Å²) in [6.45, 7) is 8.28. The highest BCUT2D eigenvalue weighted by Crippen LogP contribution is 2.31. The van der Waals surface area contributed by atoms with Crippen LogP contribution < -0.4 is 5.32 Å². The summed E-state index contributed by atoms with van der Waals surface area (Å²) in [5, 5.41) is 3.08. The molecule has 1 N–H and O–H groups in total. The molecule has 0 aliphatic rings. The molecule has 4 nitrogen and oxygen atoms in total. The zero-order chi connectivity index (χ0) is 21.3. The van der Waals surface area contributed by atoms with Crippen LogP contribution in [0.15, 0.2) is 67.0 Å². The van der Waals surface area contributed by atoms with Gasteiger partial charge >= 0.3 is 0 Å². The molecule has 0 saturated carbocycles. The Labute approximate surface area is 177 Å². The van der Waals surface area contributed by atoms with Crippen LogP contribution in [0.2, 0.25) is 0 Å². The van der Waals surface area contributed by atoms with Crippen LogP contribution >= 0.6 is 0 Å². The zero-order valence-corrected chi connectivity index (χ0v) is 17.9. The van der Waals surface area contributed by atoms with E-state index < -0.39 is 0 Å². The van der Waals surface area contributed by atoms with E-state index in [4.69, 9.17) is 0 Å². The van der Waals surface area contributed by atoms with Gasteiger partial charge in [-0.15, -0.1) is 0 Å². The molecule has 0 aliphatic carbocycles. The van der Waals surface area contributed by atoms with Crippen molar-refractivity contribution < 1.29 is 4.79 Å². The number of nitrogens with one attached hydrogen (secondary N) is 1. The van der Waals surface area contributed by atoms with Crippen LogP contribution in [0.5, 0.6) is 0 Å². The molecule has 0 spiro atoms. The van der Waals surface area contributed by atoms with Gasteiger partial charge in [-0.2, -0.15) is 0 Å². The molecule has 2 heterocycles. The molecule has 0 aliphatic heterocycles. The van der Waals surface area contributed by atoms with Crippen molar-refractivity contribution in [3.05, 3.63) is 101 Å². The fraction of sp³-hybridized carbons (Fsp3) is 0.231. The van der Waals surface area contributed by atoms with E-state index in [2.05, 4.69) is 66.7 Å². The van der Waals surface area contributed by atoms with Gasteiger partial charge in [-0.05, 0) is 79.8 Å². The number of carbonyl (C=O) groups is 1. The Hall–Kier alpha value is -3.40. The predicted molar refractivity (Wildman–Crippen MR) is 122 cm³/mol. The van der Waals surface area contributed by atoms with Crippen molar-refractivity contribution in [2.45, 2.75) is 40.0 Å². The lowest BCUT2D eigenvalue weighted by Gasteiger charge is -2.19. The summed E-state index contributed by atoms with van der Waals surface area (Å²) in [5.41, 5.74) is 8.62. The van der Waals surface area contributed by atoms with Gasteiger partial charge < -0.3 is 9.72 Å². The van der Waals surface area contributed by atoms with Gasteiger partial charge in [0.25, 0.3) is 0 Å². The van der Waals surface area contributed by atoms with E-state index in [-0.39, 0.29) is 11.8 Å². The molecule has 0 saturated heterocycles. The lowest BCUT2D eigenvalue weighted by molar-refractivity contribution is -0.116. The van der Waals surface area contributed by atoms with Gasteiger partial charge in [-0.3, -0.25) is 4.79 Å². The minimum absolute atomic E-state index is 0.00596. The maximum absolute atomic E-state index is 13.0. The lowest BCUT2D eigenvalue weighted by Crippen LogP contribution is -2.18. The topological polar surface area (TPSA) is 46.4 Å². The van der Waals surface area contributed by atoms with Crippen LogP contribution in [0.3, 0.4) is 0 Å². The number of fused-ring (bicyclic) bond motifs is 1. The fourth-order valence-corrected chi connectivity index (χ4v) is 3.93. The van der Waals surface area contributed by atoms with E-state index in [0.717, 1.165) is 22.6 Å². The number of hydrogen-bond donors (Lipinski definition) is 1. The third kappa shape index (κ3) is 3.99. The second-order valence-electron chi connectivity index (χ2n) is 8.08. The molecule has 1 amide bonds. The van der Waals surface area contributed by atoms with Gasteiger partial charge in [0.15, 0.2) is 0 Å². The molecule has 0 bridgehead atoms. The Balaban J connectivity index is 1.69. The first-order valence-electron chi connectivity index (χ1n) is 10.3. The molecular formula is C26H27N3O. The van der Waals surface area contributed by atoms with Gasteiger partial charge in [0.2, 0.25) is 5.91 Å². The molecule has 4 rings (SSSR count). The van der Waals surface area contributed by atoms with Crippen molar-refractivity contribution in [1.29, 1.82) is 0 Å². The highest BCUT2D eigenvalue weighted by atomic mass is 16.1. The number of aryl methyl sites for hydroxylation is 4.